The van der Waals surface area contributed by atoms with E-state index in [4.69, 9.17) is 16.3 Å². The summed E-state index contributed by atoms with van der Waals surface area (Å²) in [5.74, 6) is 0.950. The maximum Gasteiger partial charge on any atom is 0.176 e. The van der Waals surface area contributed by atoms with Crippen molar-refractivity contribution in [1.29, 1.82) is 0 Å². The fourth-order valence-corrected chi connectivity index (χ4v) is 2.09. The van der Waals surface area contributed by atoms with Gasteiger partial charge in [-0.2, -0.15) is 0 Å². The quantitative estimate of drug-likeness (QED) is 0.830. The van der Waals surface area contributed by atoms with Crippen molar-refractivity contribution in [3.05, 3.63) is 64.7 Å². The number of benzene rings is 2. The van der Waals surface area contributed by atoms with Crippen molar-refractivity contribution in [3.63, 3.8) is 0 Å². The topological polar surface area (TPSA) is 21.3 Å². The van der Waals surface area contributed by atoms with Crippen LogP contribution in [-0.4, -0.2) is 0 Å². The minimum atomic E-state index is -0.0952. The molecule has 3 rings (SSSR count). The van der Waals surface area contributed by atoms with E-state index < -0.39 is 0 Å². The van der Waals surface area contributed by atoms with Gasteiger partial charge in [0.15, 0.2) is 6.23 Å². The summed E-state index contributed by atoms with van der Waals surface area (Å²) in [7, 11) is 0. The van der Waals surface area contributed by atoms with Gasteiger partial charge in [-0.25, -0.2) is 0 Å². The van der Waals surface area contributed by atoms with Crippen molar-refractivity contribution < 1.29 is 4.74 Å². The number of para-hydroxylation sites is 1. The maximum atomic E-state index is 5.90. The van der Waals surface area contributed by atoms with Crippen LogP contribution in [0.25, 0.3) is 0 Å². The first-order valence-corrected chi connectivity index (χ1v) is 5.94. The number of rotatable bonds is 1. The molecule has 2 aromatic carbocycles. The molecule has 1 heterocycles. The molecule has 1 N–H and O–H groups in total. The molecule has 0 spiro atoms. The monoisotopic (exact) mass is 245 g/mol. The molecule has 86 valence electrons. The van der Waals surface area contributed by atoms with Gasteiger partial charge in [0.2, 0.25) is 0 Å². The number of fused-ring (bicyclic) bond motifs is 1. The molecule has 0 aliphatic carbocycles. The van der Waals surface area contributed by atoms with Crippen LogP contribution in [0.5, 0.6) is 5.75 Å². The normalized spacial score (nSPS) is 18.3. The lowest BCUT2D eigenvalue weighted by molar-refractivity contribution is 0.144. The van der Waals surface area contributed by atoms with E-state index in [1.807, 2.05) is 42.5 Å². The SMILES string of the molecule is Clc1ccc(C2NCc3ccccc3O2)cc1. The molecular formula is C14H12ClNO. The molecule has 1 atom stereocenters. The highest BCUT2D eigenvalue weighted by atomic mass is 35.5. The molecule has 0 saturated heterocycles. The van der Waals surface area contributed by atoms with Crippen molar-refractivity contribution in [2.45, 2.75) is 12.8 Å². The first-order valence-electron chi connectivity index (χ1n) is 5.56. The van der Waals surface area contributed by atoms with Gasteiger partial charge in [0.25, 0.3) is 0 Å². The zero-order valence-electron chi connectivity index (χ0n) is 9.19. The second kappa shape index (κ2) is 4.40. The molecule has 17 heavy (non-hydrogen) atoms. The van der Waals surface area contributed by atoms with Crippen LogP contribution in [0.2, 0.25) is 5.02 Å². The van der Waals surface area contributed by atoms with Crippen LogP contribution in [0.15, 0.2) is 48.5 Å². The van der Waals surface area contributed by atoms with Crippen LogP contribution in [0.1, 0.15) is 17.4 Å². The minimum Gasteiger partial charge on any atom is -0.471 e. The van der Waals surface area contributed by atoms with E-state index in [-0.39, 0.29) is 6.23 Å². The van der Waals surface area contributed by atoms with Crippen molar-refractivity contribution >= 4 is 11.6 Å². The van der Waals surface area contributed by atoms with Gasteiger partial charge in [-0.05, 0) is 18.2 Å². The highest BCUT2D eigenvalue weighted by Gasteiger charge is 2.19. The highest BCUT2D eigenvalue weighted by Crippen LogP contribution is 2.29. The second-order valence-corrected chi connectivity index (χ2v) is 4.47. The lowest BCUT2D eigenvalue weighted by Crippen LogP contribution is -2.30. The fourth-order valence-electron chi connectivity index (χ4n) is 1.96. The standard InChI is InChI=1S/C14H12ClNO/c15-12-7-5-10(6-8-12)14-16-9-11-3-1-2-4-13(11)17-14/h1-8,14,16H,9H2. The summed E-state index contributed by atoms with van der Waals surface area (Å²) < 4.78 is 5.90. The number of ether oxygens (including phenoxy) is 1. The number of nitrogens with one attached hydrogen (secondary N) is 1. The van der Waals surface area contributed by atoms with Crippen LogP contribution in [0, 0.1) is 0 Å². The smallest absolute Gasteiger partial charge is 0.176 e. The first kappa shape index (κ1) is 10.6. The van der Waals surface area contributed by atoms with E-state index >= 15 is 0 Å². The molecule has 0 amide bonds. The summed E-state index contributed by atoms with van der Waals surface area (Å²) in [4.78, 5) is 0. The molecule has 0 fully saturated rings. The van der Waals surface area contributed by atoms with Gasteiger partial charge in [-0.1, -0.05) is 41.9 Å². The van der Waals surface area contributed by atoms with Gasteiger partial charge in [0.1, 0.15) is 5.75 Å². The van der Waals surface area contributed by atoms with Crippen LogP contribution in [-0.2, 0) is 6.54 Å². The Bertz CT molecular complexity index is 524. The van der Waals surface area contributed by atoms with Crippen LogP contribution in [0.3, 0.4) is 0 Å². The van der Waals surface area contributed by atoms with E-state index in [1.165, 1.54) is 5.56 Å². The summed E-state index contributed by atoms with van der Waals surface area (Å²) in [5, 5.41) is 4.09. The highest BCUT2D eigenvalue weighted by molar-refractivity contribution is 6.30. The van der Waals surface area contributed by atoms with E-state index in [2.05, 4.69) is 11.4 Å². The maximum absolute atomic E-state index is 5.90. The molecule has 0 saturated carbocycles. The van der Waals surface area contributed by atoms with Gasteiger partial charge < -0.3 is 4.74 Å². The van der Waals surface area contributed by atoms with Gasteiger partial charge in [0.05, 0.1) is 0 Å². The average Bonchev–Trinajstić information content (AvgIpc) is 2.39. The lowest BCUT2D eigenvalue weighted by Gasteiger charge is -2.27. The Morgan fingerprint density at radius 2 is 1.82 bits per heavy atom. The van der Waals surface area contributed by atoms with Crippen LogP contribution >= 0.6 is 11.6 Å². The predicted molar refractivity (Wildman–Crippen MR) is 68.1 cm³/mol. The van der Waals surface area contributed by atoms with Crippen LogP contribution in [0.4, 0.5) is 0 Å². The van der Waals surface area contributed by atoms with Crippen molar-refractivity contribution in [1.82, 2.24) is 5.32 Å². The average molecular weight is 246 g/mol. The Hall–Kier alpha value is -1.51. The summed E-state index contributed by atoms with van der Waals surface area (Å²) in [6.07, 6.45) is -0.0952. The lowest BCUT2D eigenvalue weighted by atomic mass is 10.1. The molecular weight excluding hydrogens is 234 g/mol. The Morgan fingerprint density at radius 3 is 2.65 bits per heavy atom. The van der Waals surface area contributed by atoms with Crippen molar-refractivity contribution in [3.8, 4) is 5.75 Å². The zero-order chi connectivity index (χ0) is 11.7. The van der Waals surface area contributed by atoms with E-state index in [0.29, 0.717) is 0 Å². The van der Waals surface area contributed by atoms with Gasteiger partial charge >= 0.3 is 0 Å². The molecule has 2 aromatic rings. The Morgan fingerprint density at radius 1 is 1.06 bits per heavy atom. The number of halogens is 1. The molecule has 1 aliphatic rings. The van der Waals surface area contributed by atoms with Gasteiger partial charge in [-0.15, -0.1) is 0 Å². The number of hydrogen-bond acceptors (Lipinski definition) is 2. The van der Waals surface area contributed by atoms with Crippen molar-refractivity contribution in [2.75, 3.05) is 0 Å². The Kier molecular flexibility index (Phi) is 2.75. The van der Waals surface area contributed by atoms with E-state index in [9.17, 15) is 0 Å². The number of hydrogen-bond donors (Lipinski definition) is 1. The third-order valence-electron chi connectivity index (χ3n) is 2.87. The molecule has 1 unspecified atom stereocenters. The van der Waals surface area contributed by atoms with Crippen LogP contribution < -0.4 is 10.1 Å². The van der Waals surface area contributed by atoms with Crippen molar-refractivity contribution in [2.24, 2.45) is 0 Å². The molecule has 2 nitrogen and oxygen atoms in total. The Labute approximate surface area is 105 Å². The van der Waals surface area contributed by atoms with E-state index in [0.717, 1.165) is 22.9 Å². The van der Waals surface area contributed by atoms with E-state index in [1.54, 1.807) is 0 Å². The zero-order valence-corrected chi connectivity index (χ0v) is 9.95. The summed E-state index contributed by atoms with van der Waals surface area (Å²) in [6, 6.07) is 15.8. The first-order chi connectivity index (χ1) is 8.33. The molecule has 0 radical (unpaired) electrons. The predicted octanol–water partition coefficient (Wildman–Crippen LogP) is 3.52. The largest absolute Gasteiger partial charge is 0.471 e. The van der Waals surface area contributed by atoms with Gasteiger partial charge in [-0.3, -0.25) is 5.32 Å². The summed E-state index contributed by atoms with van der Waals surface area (Å²) in [6.45, 7) is 0.823. The fraction of sp³-hybridized carbons (Fsp3) is 0.143. The summed E-state index contributed by atoms with van der Waals surface area (Å²) in [5.41, 5.74) is 2.28. The molecule has 0 bridgehead atoms. The molecule has 0 aromatic heterocycles. The molecule has 1 aliphatic heterocycles. The third kappa shape index (κ3) is 2.14. The molecule has 3 heteroatoms. The minimum absolute atomic E-state index is 0.0952. The Balaban J connectivity index is 1.86. The third-order valence-corrected chi connectivity index (χ3v) is 3.12. The van der Waals surface area contributed by atoms with Gasteiger partial charge in [0, 0.05) is 22.7 Å². The summed E-state index contributed by atoms with van der Waals surface area (Å²) >= 11 is 5.87. The second-order valence-electron chi connectivity index (χ2n) is 4.04.